The lowest BCUT2D eigenvalue weighted by Gasteiger charge is -2.35. The van der Waals surface area contributed by atoms with E-state index in [0.29, 0.717) is 13.1 Å². The van der Waals surface area contributed by atoms with Crippen molar-refractivity contribution >= 4 is 0 Å². The molecule has 0 unspecified atom stereocenters. The monoisotopic (exact) mass is 304 g/mol. The van der Waals surface area contributed by atoms with Crippen LogP contribution in [0.3, 0.4) is 0 Å². The molecule has 1 aliphatic rings. The molecule has 2 aromatic rings. The molecule has 1 fully saturated rings. The van der Waals surface area contributed by atoms with E-state index < -0.39 is 0 Å². The highest BCUT2D eigenvalue weighted by molar-refractivity contribution is 4.91. The fraction of sp³-hybridized carbons (Fsp3) is 0.600. The first-order valence-electron chi connectivity index (χ1n) is 7.77. The van der Waals surface area contributed by atoms with Crippen molar-refractivity contribution in [2.75, 3.05) is 32.7 Å². The third kappa shape index (κ3) is 3.94. The average Bonchev–Trinajstić information content (AvgIpc) is 3.14. The van der Waals surface area contributed by atoms with Crippen LogP contribution in [0.2, 0.25) is 0 Å². The second kappa shape index (κ2) is 7.04. The van der Waals surface area contributed by atoms with Gasteiger partial charge in [-0.1, -0.05) is 0 Å². The summed E-state index contributed by atoms with van der Waals surface area (Å²) in [5.74, 6) is 1.10. The zero-order valence-corrected chi connectivity index (χ0v) is 13.0. The molecule has 0 bridgehead atoms. The molecule has 1 atom stereocenters. The Morgan fingerprint density at radius 2 is 1.86 bits per heavy atom. The van der Waals surface area contributed by atoms with Gasteiger partial charge < -0.3 is 9.67 Å². The minimum Gasteiger partial charge on any atom is -0.390 e. The van der Waals surface area contributed by atoms with Crippen LogP contribution in [0.25, 0.3) is 0 Å². The number of β-amino-alcohol motifs (C(OH)–C–C–N with tert-alkyl or cyclic N) is 1. The van der Waals surface area contributed by atoms with Gasteiger partial charge in [0.25, 0.3) is 0 Å². The normalized spacial score (nSPS) is 18.6. The second-order valence-corrected chi connectivity index (χ2v) is 5.91. The maximum absolute atomic E-state index is 10.2. The summed E-state index contributed by atoms with van der Waals surface area (Å²) >= 11 is 0. The highest BCUT2D eigenvalue weighted by atomic mass is 16.3. The molecule has 0 saturated carbocycles. The van der Waals surface area contributed by atoms with Crippen molar-refractivity contribution in [2.24, 2.45) is 7.05 Å². The smallest absolute Gasteiger partial charge is 0.122 e. The molecule has 1 N–H and O–H groups in total. The van der Waals surface area contributed by atoms with Crippen molar-refractivity contribution in [1.29, 1.82) is 0 Å². The fourth-order valence-corrected chi connectivity index (χ4v) is 2.86. The standard InChI is InChI=1S/C15H24N6O/c1-18-6-4-16-15(18)13-20-9-7-19(8-10-20)11-14(22)12-21-5-2-3-17-21/h2-6,14,22H,7-13H2,1H3/t14-/m0/s1. The Kier molecular flexibility index (Phi) is 4.87. The van der Waals surface area contributed by atoms with E-state index in [1.54, 1.807) is 10.9 Å². The quantitative estimate of drug-likeness (QED) is 0.800. The number of aromatic nitrogens is 4. The zero-order valence-electron chi connectivity index (χ0n) is 13.0. The highest BCUT2D eigenvalue weighted by Crippen LogP contribution is 2.07. The number of aryl methyl sites for hydroxylation is 1. The van der Waals surface area contributed by atoms with Crippen LogP contribution in [0.5, 0.6) is 0 Å². The van der Waals surface area contributed by atoms with Gasteiger partial charge in [-0.2, -0.15) is 5.10 Å². The highest BCUT2D eigenvalue weighted by Gasteiger charge is 2.20. The maximum atomic E-state index is 10.2. The molecule has 7 nitrogen and oxygen atoms in total. The number of piperazine rings is 1. The van der Waals surface area contributed by atoms with Crippen molar-refractivity contribution in [3.8, 4) is 0 Å². The molecule has 1 saturated heterocycles. The topological polar surface area (TPSA) is 62.4 Å². The minimum atomic E-state index is -0.374. The van der Waals surface area contributed by atoms with E-state index in [-0.39, 0.29) is 6.10 Å². The van der Waals surface area contributed by atoms with E-state index in [2.05, 4.69) is 24.4 Å². The molecule has 3 rings (SSSR count). The first-order valence-corrected chi connectivity index (χ1v) is 7.77. The third-order valence-corrected chi connectivity index (χ3v) is 4.18. The van der Waals surface area contributed by atoms with Crippen LogP contribution in [0, 0.1) is 0 Å². The van der Waals surface area contributed by atoms with E-state index >= 15 is 0 Å². The molecule has 0 radical (unpaired) electrons. The number of hydrogen-bond acceptors (Lipinski definition) is 5. The van der Waals surface area contributed by atoms with Crippen LogP contribution >= 0.6 is 0 Å². The van der Waals surface area contributed by atoms with Crippen LogP contribution in [0.1, 0.15) is 5.82 Å². The van der Waals surface area contributed by atoms with E-state index in [1.807, 2.05) is 31.7 Å². The summed E-state index contributed by atoms with van der Waals surface area (Å²) < 4.78 is 3.85. The molecule has 0 aromatic carbocycles. The average molecular weight is 304 g/mol. The molecule has 0 aliphatic carbocycles. The van der Waals surface area contributed by atoms with Crippen LogP contribution in [0.15, 0.2) is 30.9 Å². The van der Waals surface area contributed by atoms with Crippen LogP contribution in [-0.4, -0.2) is 73.1 Å². The molecule has 120 valence electrons. The fourth-order valence-electron chi connectivity index (χ4n) is 2.86. The molecule has 22 heavy (non-hydrogen) atoms. The summed E-state index contributed by atoms with van der Waals surface area (Å²) in [5.41, 5.74) is 0. The van der Waals surface area contributed by atoms with Crippen molar-refractivity contribution in [3.63, 3.8) is 0 Å². The number of rotatable bonds is 6. The van der Waals surface area contributed by atoms with Gasteiger partial charge in [0.15, 0.2) is 0 Å². The number of imidazole rings is 1. The van der Waals surface area contributed by atoms with E-state index in [0.717, 1.165) is 38.5 Å². The predicted octanol–water partition coefficient (Wildman–Crippen LogP) is -0.205. The predicted molar refractivity (Wildman–Crippen MR) is 83.2 cm³/mol. The summed E-state index contributed by atoms with van der Waals surface area (Å²) in [5, 5.41) is 14.3. The Morgan fingerprint density at radius 1 is 1.09 bits per heavy atom. The molecule has 0 amide bonds. The zero-order chi connectivity index (χ0) is 15.4. The van der Waals surface area contributed by atoms with Gasteiger partial charge in [0.05, 0.1) is 19.2 Å². The van der Waals surface area contributed by atoms with Gasteiger partial charge in [0.1, 0.15) is 5.82 Å². The molecular formula is C15H24N6O. The number of hydrogen-bond donors (Lipinski definition) is 1. The Morgan fingerprint density at radius 3 is 2.50 bits per heavy atom. The Hall–Kier alpha value is -1.70. The summed E-state index contributed by atoms with van der Waals surface area (Å²) in [4.78, 5) is 9.11. The second-order valence-electron chi connectivity index (χ2n) is 5.91. The van der Waals surface area contributed by atoms with Gasteiger partial charge in [-0.05, 0) is 6.07 Å². The first-order chi connectivity index (χ1) is 10.7. The van der Waals surface area contributed by atoms with Gasteiger partial charge in [-0.25, -0.2) is 4.98 Å². The van der Waals surface area contributed by atoms with Crippen LogP contribution in [-0.2, 0) is 20.1 Å². The van der Waals surface area contributed by atoms with Crippen LogP contribution < -0.4 is 0 Å². The lowest BCUT2D eigenvalue weighted by atomic mass is 10.2. The molecule has 3 heterocycles. The van der Waals surface area contributed by atoms with Crippen LogP contribution in [0.4, 0.5) is 0 Å². The van der Waals surface area contributed by atoms with Crippen molar-refractivity contribution in [2.45, 2.75) is 19.2 Å². The number of nitrogens with zero attached hydrogens (tertiary/aromatic N) is 6. The molecule has 1 aliphatic heterocycles. The van der Waals surface area contributed by atoms with E-state index in [9.17, 15) is 5.11 Å². The Balaban J connectivity index is 1.41. The lowest BCUT2D eigenvalue weighted by molar-refractivity contribution is 0.0596. The van der Waals surface area contributed by atoms with Gasteiger partial charge >= 0.3 is 0 Å². The van der Waals surface area contributed by atoms with Crippen molar-refractivity contribution < 1.29 is 5.11 Å². The lowest BCUT2D eigenvalue weighted by Crippen LogP contribution is -2.48. The summed E-state index contributed by atoms with van der Waals surface area (Å²) in [6.45, 7) is 6.16. The van der Waals surface area contributed by atoms with Crippen molar-refractivity contribution in [3.05, 3.63) is 36.7 Å². The van der Waals surface area contributed by atoms with Gasteiger partial charge in [0.2, 0.25) is 0 Å². The third-order valence-electron chi connectivity index (χ3n) is 4.18. The SMILES string of the molecule is Cn1ccnc1CN1CCN(C[C@H](O)Cn2cccn2)CC1. The summed E-state index contributed by atoms with van der Waals surface area (Å²) in [6, 6.07) is 1.88. The maximum Gasteiger partial charge on any atom is 0.122 e. The largest absolute Gasteiger partial charge is 0.390 e. The molecule has 7 heteroatoms. The van der Waals surface area contributed by atoms with Gasteiger partial charge in [-0.15, -0.1) is 0 Å². The van der Waals surface area contributed by atoms with E-state index in [4.69, 9.17) is 0 Å². The van der Waals surface area contributed by atoms with Gasteiger partial charge in [0, 0.05) is 64.6 Å². The Labute approximate surface area is 130 Å². The van der Waals surface area contributed by atoms with Gasteiger partial charge in [-0.3, -0.25) is 14.5 Å². The number of aliphatic hydroxyl groups excluding tert-OH is 1. The van der Waals surface area contributed by atoms with E-state index in [1.165, 1.54) is 0 Å². The minimum absolute atomic E-state index is 0.374. The molecule has 2 aromatic heterocycles. The summed E-state index contributed by atoms with van der Waals surface area (Å²) in [7, 11) is 2.03. The summed E-state index contributed by atoms with van der Waals surface area (Å²) in [6.07, 6.45) is 7.08. The Bertz CT molecular complexity index is 558. The molecule has 0 spiro atoms. The molecular weight excluding hydrogens is 280 g/mol. The number of aliphatic hydroxyl groups is 1. The first kappa shape index (κ1) is 15.2. The van der Waals surface area contributed by atoms with Crippen molar-refractivity contribution in [1.82, 2.24) is 29.1 Å².